The highest BCUT2D eigenvalue weighted by Crippen LogP contribution is 2.22. The van der Waals surface area contributed by atoms with E-state index in [9.17, 15) is 14.3 Å². The van der Waals surface area contributed by atoms with Gasteiger partial charge in [-0.05, 0) is 42.5 Å². The molecule has 2 amide bonds. The number of aliphatic hydroxyl groups is 1. The summed E-state index contributed by atoms with van der Waals surface area (Å²) < 4.78 is 12.9. The second kappa shape index (κ2) is 7.57. The van der Waals surface area contributed by atoms with Crippen LogP contribution in [0.15, 0.2) is 41.8 Å². The van der Waals surface area contributed by atoms with Crippen molar-refractivity contribution in [3.63, 3.8) is 0 Å². The Bertz CT molecular complexity index is 627. The molecule has 0 aliphatic heterocycles. The van der Waals surface area contributed by atoms with Crippen LogP contribution in [-0.2, 0) is 5.60 Å². The van der Waals surface area contributed by atoms with Crippen LogP contribution in [0.1, 0.15) is 36.8 Å². The predicted molar refractivity (Wildman–Crippen MR) is 89.9 cm³/mol. The molecule has 2 rings (SSSR count). The lowest BCUT2D eigenvalue weighted by molar-refractivity contribution is 0.0592. The molecule has 1 heterocycles. The molecule has 3 N–H and O–H groups in total. The number of hydrogen-bond donors (Lipinski definition) is 3. The van der Waals surface area contributed by atoms with Gasteiger partial charge < -0.3 is 15.7 Å². The molecule has 0 bridgehead atoms. The van der Waals surface area contributed by atoms with Crippen LogP contribution in [-0.4, -0.2) is 17.7 Å². The van der Waals surface area contributed by atoms with Crippen molar-refractivity contribution < 1.29 is 14.3 Å². The standard InChI is InChI=1S/C17H21FN2O2S/c1-3-14(15-5-4-10-23-15)20-16(21)19-11-17(2,22)12-6-8-13(18)9-7-12/h4-10,14,22H,3,11H2,1-2H3,(H2,19,20,21). The van der Waals surface area contributed by atoms with Crippen LogP contribution in [0, 0.1) is 5.82 Å². The van der Waals surface area contributed by atoms with Gasteiger partial charge in [-0.15, -0.1) is 11.3 Å². The minimum atomic E-state index is -1.27. The summed E-state index contributed by atoms with van der Waals surface area (Å²) in [6.45, 7) is 3.61. The average molecular weight is 336 g/mol. The van der Waals surface area contributed by atoms with E-state index in [1.54, 1.807) is 18.3 Å². The van der Waals surface area contributed by atoms with Gasteiger partial charge in [0.2, 0.25) is 0 Å². The fourth-order valence-electron chi connectivity index (χ4n) is 2.24. The van der Waals surface area contributed by atoms with Crippen molar-refractivity contribution in [2.24, 2.45) is 0 Å². The van der Waals surface area contributed by atoms with Crippen LogP contribution >= 0.6 is 11.3 Å². The van der Waals surface area contributed by atoms with E-state index < -0.39 is 5.60 Å². The van der Waals surface area contributed by atoms with Crippen molar-refractivity contribution in [3.05, 3.63) is 58.0 Å². The van der Waals surface area contributed by atoms with Crippen LogP contribution in [0.5, 0.6) is 0 Å². The van der Waals surface area contributed by atoms with Gasteiger partial charge in [-0.2, -0.15) is 0 Å². The summed E-state index contributed by atoms with van der Waals surface area (Å²) >= 11 is 1.59. The Morgan fingerprint density at radius 3 is 2.61 bits per heavy atom. The molecule has 0 radical (unpaired) electrons. The van der Waals surface area contributed by atoms with Crippen LogP contribution in [0.4, 0.5) is 9.18 Å². The number of carbonyl (C=O) groups excluding carboxylic acids is 1. The fourth-order valence-corrected chi connectivity index (χ4v) is 3.10. The zero-order valence-electron chi connectivity index (χ0n) is 13.2. The Morgan fingerprint density at radius 1 is 1.35 bits per heavy atom. The topological polar surface area (TPSA) is 61.4 Å². The van der Waals surface area contributed by atoms with E-state index in [1.807, 2.05) is 24.4 Å². The molecular formula is C17H21FN2O2S. The Hall–Kier alpha value is -1.92. The first-order chi connectivity index (χ1) is 10.9. The third-order valence-electron chi connectivity index (χ3n) is 3.66. The number of thiophene rings is 1. The van der Waals surface area contributed by atoms with Crippen LogP contribution in [0.3, 0.4) is 0 Å². The Morgan fingerprint density at radius 2 is 2.04 bits per heavy atom. The SMILES string of the molecule is CCC(NC(=O)NCC(C)(O)c1ccc(F)cc1)c1cccs1. The summed E-state index contributed by atoms with van der Waals surface area (Å²) in [5, 5.41) is 18.0. The lowest BCUT2D eigenvalue weighted by Crippen LogP contribution is -2.44. The van der Waals surface area contributed by atoms with Gasteiger partial charge in [-0.1, -0.05) is 25.1 Å². The van der Waals surface area contributed by atoms with Gasteiger partial charge in [0, 0.05) is 4.88 Å². The highest BCUT2D eigenvalue weighted by atomic mass is 32.1. The highest BCUT2D eigenvalue weighted by Gasteiger charge is 2.24. The number of urea groups is 1. The van der Waals surface area contributed by atoms with E-state index in [-0.39, 0.29) is 24.4 Å². The van der Waals surface area contributed by atoms with Crippen molar-refractivity contribution in [1.82, 2.24) is 10.6 Å². The summed E-state index contributed by atoms with van der Waals surface area (Å²) in [4.78, 5) is 13.1. The average Bonchev–Trinajstić information content (AvgIpc) is 3.05. The van der Waals surface area contributed by atoms with Crippen LogP contribution < -0.4 is 10.6 Å². The van der Waals surface area contributed by atoms with Crippen LogP contribution in [0.2, 0.25) is 0 Å². The van der Waals surface area contributed by atoms with Crippen molar-refractivity contribution in [2.45, 2.75) is 31.9 Å². The second-order valence-corrected chi connectivity index (χ2v) is 6.56. The normalized spacial score (nSPS) is 14.8. The molecule has 2 unspecified atom stereocenters. The molecule has 0 saturated carbocycles. The summed E-state index contributed by atoms with van der Waals surface area (Å²) in [5.74, 6) is -0.364. The molecule has 124 valence electrons. The molecule has 0 saturated heterocycles. The number of halogens is 1. The number of hydrogen-bond acceptors (Lipinski definition) is 3. The first-order valence-corrected chi connectivity index (χ1v) is 8.36. The van der Waals surface area contributed by atoms with Gasteiger partial charge in [0.1, 0.15) is 11.4 Å². The van der Waals surface area contributed by atoms with E-state index in [0.29, 0.717) is 5.56 Å². The molecule has 0 aliphatic rings. The lowest BCUT2D eigenvalue weighted by atomic mass is 9.96. The van der Waals surface area contributed by atoms with E-state index in [2.05, 4.69) is 10.6 Å². The summed E-state index contributed by atoms with van der Waals surface area (Å²) in [5.41, 5.74) is -0.722. The van der Waals surface area contributed by atoms with E-state index in [4.69, 9.17) is 0 Å². The second-order valence-electron chi connectivity index (χ2n) is 5.58. The Balaban J connectivity index is 1.91. The minimum Gasteiger partial charge on any atom is -0.384 e. The summed E-state index contributed by atoms with van der Waals surface area (Å²) in [6, 6.07) is 9.13. The van der Waals surface area contributed by atoms with E-state index >= 15 is 0 Å². The number of nitrogens with one attached hydrogen (secondary N) is 2. The third-order valence-corrected chi connectivity index (χ3v) is 4.65. The monoisotopic (exact) mass is 336 g/mol. The molecule has 6 heteroatoms. The molecule has 2 aromatic rings. The lowest BCUT2D eigenvalue weighted by Gasteiger charge is -2.25. The number of carbonyl (C=O) groups is 1. The fraction of sp³-hybridized carbons (Fsp3) is 0.353. The molecule has 1 aromatic heterocycles. The molecule has 2 atom stereocenters. The van der Waals surface area contributed by atoms with E-state index in [1.165, 1.54) is 24.3 Å². The van der Waals surface area contributed by atoms with Gasteiger partial charge >= 0.3 is 6.03 Å². The quantitative estimate of drug-likeness (QED) is 0.755. The smallest absolute Gasteiger partial charge is 0.315 e. The third kappa shape index (κ3) is 4.77. The Kier molecular flexibility index (Phi) is 5.74. The van der Waals surface area contributed by atoms with Gasteiger partial charge in [-0.25, -0.2) is 9.18 Å². The first kappa shape index (κ1) is 17.4. The predicted octanol–water partition coefficient (Wildman–Crippen LogP) is 3.55. The van der Waals surface area contributed by atoms with Crippen molar-refractivity contribution in [3.8, 4) is 0 Å². The van der Waals surface area contributed by atoms with Gasteiger partial charge in [0.15, 0.2) is 0 Å². The van der Waals surface area contributed by atoms with Crippen molar-refractivity contribution >= 4 is 17.4 Å². The minimum absolute atomic E-state index is 0.0331. The maximum Gasteiger partial charge on any atom is 0.315 e. The number of amides is 2. The molecule has 0 aliphatic carbocycles. The molecule has 1 aromatic carbocycles. The molecule has 0 spiro atoms. The van der Waals surface area contributed by atoms with Gasteiger partial charge in [0.25, 0.3) is 0 Å². The molecule has 23 heavy (non-hydrogen) atoms. The Labute approximate surface area is 139 Å². The highest BCUT2D eigenvalue weighted by molar-refractivity contribution is 7.10. The van der Waals surface area contributed by atoms with Crippen molar-refractivity contribution in [1.29, 1.82) is 0 Å². The zero-order valence-corrected chi connectivity index (χ0v) is 14.0. The maximum atomic E-state index is 12.9. The maximum absolute atomic E-state index is 12.9. The van der Waals surface area contributed by atoms with Crippen LogP contribution in [0.25, 0.3) is 0 Å². The number of rotatable bonds is 6. The number of benzene rings is 1. The largest absolute Gasteiger partial charge is 0.384 e. The van der Waals surface area contributed by atoms with Gasteiger partial charge in [-0.3, -0.25) is 0 Å². The molecular weight excluding hydrogens is 315 g/mol. The summed E-state index contributed by atoms with van der Waals surface area (Å²) in [6.07, 6.45) is 0.780. The molecule has 0 fully saturated rings. The van der Waals surface area contributed by atoms with Gasteiger partial charge in [0.05, 0.1) is 12.6 Å². The molecule has 4 nitrogen and oxygen atoms in total. The van der Waals surface area contributed by atoms with Crippen molar-refractivity contribution in [2.75, 3.05) is 6.54 Å². The first-order valence-electron chi connectivity index (χ1n) is 7.48. The van der Waals surface area contributed by atoms with E-state index in [0.717, 1.165) is 11.3 Å². The zero-order chi connectivity index (χ0) is 16.9. The summed E-state index contributed by atoms with van der Waals surface area (Å²) in [7, 11) is 0.